The number of hydrogen-bond donors (Lipinski definition) is 4. The lowest BCUT2D eigenvalue weighted by Gasteiger charge is -2.27. The van der Waals surface area contributed by atoms with Crippen molar-refractivity contribution in [3.8, 4) is 28.4 Å². The number of aromatic amines is 1. The molecule has 21 heteroatoms. The third kappa shape index (κ3) is 10.1. The topological polar surface area (TPSA) is 247 Å². The van der Waals surface area contributed by atoms with Crippen molar-refractivity contribution >= 4 is 55.9 Å². The Hall–Kier alpha value is -7.36. The zero-order valence-corrected chi connectivity index (χ0v) is 36.2. The Morgan fingerprint density at radius 2 is 1.60 bits per heavy atom. The number of piperidine rings is 1. The van der Waals surface area contributed by atoms with Gasteiger partial charge in [-0.25, -0.2) is 13.1 Å². The number of benzene rings is 3. The van der Waals surface area contributed by atoms with Crippen LogP contribution in [0.2, 0.25) is 0 Å². The molecule has 6 aromatic rings. The van der Waals surface area contributed by atoms with Crippen LogP contribution in [0, 0.1) is 0 Å². The first-order valence-corrected chi connectivity index (χ1v) is 22.4. The highest BCUT2D eigenvalue weighted by molar-refractivity contribution is 7.92. The summed E-state index contributed by atoms with van der Waals surface area (Å²) in [6.07, 6.45) is 5.27. The minimum Gasteiger partial charge on any atom is -0.487 e. The van der Waals surface area contributed by atoms with Crippen molar-refractivity contribution in [1.29, 1.82) is 0 Å². The molecule has 338 valence electrons. The van der Waals surface area contributed by atoms with Crippen LogP contribution >= 0.6 is 0 Å². The first kappa shape index (κ1) is 44.3. The number of nitrogens with zero attached hydrogens (tertiary/aromatic N) is 5. The fraction of sp³-hybridized carbons (Fsp3) is 0.295. The standard InChI is InChI=1S/C44H45N9O11S/c1-3-65(59,60)49-28-8-11-38(34(22-28)36-25-51(2)44(58)40-32(36)13-14-46-40)64-31-6-4-5-30(23-31)63-26-29-24-52(50-48-29)16-18-62-20-19-61-17-15-45-27-7-9-33-35(21-27)43(57)53(42(33)56)37-10-12-39(54)47-41(37)55/h4-9,11,13-14,21-25,37,45-46,49H,3,10,12,15-20,26H2,1-2H3,(H,47,54,55). The van der Waals surface area contributed by atoms with E-state index in [2.05, 4.69) is 30.7 Å². The van der Waals surface area contributed by atoms with E-state index in [1.54, 1.807) is 104 Å². The van der Waals surface area contributed by atoms with E-state index in [1.165, 1.54) is 4.57 Å². The third-order valence-electron chi connectivity index (χ3n) is 10.7. The largest absolute Gasteiger partial charge is 0.487 e. The molecule has 2 aliphatic rings. The van der Waals surface area contributed by atoms with E-state index in [-0.39, 0.29) is 41.9 Å². The van der Waals surface area contributed by atoms with E-state index in [1.807, 2.05) is 0 Å². The number of aromatic nitrogens is 5. The van der Waals surface area contributed by atoms with Gasteiger partial charge in [0.1, 0.15) is 41.1 Å². The quantitative estimate of drug-likeness (QED) is 0.0629. The summed E-state index contributed by atoms with van der Waals surface area (Å²) in [6.45, 7) is 3.97. The zero-order valence-electron chi connectivity index (χ0n) is 35.4. The summed E-state index contributed by atoms with van der Waals surface area (Å²) in [5.41, 5.74) is 3.38. The minimum absolute atomic E-state index is 0.0539. The Morgan fingerprint density at radius 1 is 0.831 bits per heavy atom. The monoisotopic (exact) mass is 907 g/mol. The molecule has 20 nitrogen and oxygen atoms in total. The molecule has 4 N–H and O–H groups in total. The number of H-pyrrole nitrogens is 1. The fourth-order valence-electron chi connectivity index (χ4n) is 7.38. The van der Waals surface area contributed by atoms with Gasteiger partial charge in [-0.3, -0.25) is 38.9 Å². The number of anilines is 2. The van der Waals surface area contributed by atoms with E-state index in [9.17, 15) is 32.4 Å². The van der Waals surface area contributed by atoms with Gasteiger partial charge in [0.25, 0.3) is 17.4 Å². The highest BCUT2D eigenvalue weighted by Crippen LogP contribution is 2.39. The SMILES string of the molecule is CCS(=O)(=O)Nc1ccc(Oc2cccc(OCc3cn(CCOCCOCCNc4ccc5c(c4)C(=O)N(C4CCC(=O)NC4=O)C5=O)nn3)c2)c(-c2cn(C)c(=O)c3[nH]ccc23)c1. The van der Waals surface area contributed by atoms with Crippen LogP contribution < -0.4 is 30.4 Å². The van der Waals surface area contributed by atoms with Gasteiger partial charge < -0.3 is 33.8 Å². The van der Waals surface area contributed by atoms with Gasteiger partial charge >= 0.3 is 0 Å². The minimum atomic E-state index is -3.57. The summed E-state index contributed by atoms with van der Waals surface area (Å²) in [7, 11) is -1.92. The van der Waals surface area contributed by atoms with Crippen molar-refractivity contribution in [2.45, 2.75) is 39.0 Å². The molecule has 0 radical (unpaired) electrons. The van der Waals surface area contributed by atoms with Crippen LogP contribution in [-0.4, -0.2) is 106 Å². The summed E-state index contributed by atoms with van der Waals surface area (Å²) in [4.78, 5) is 66.6. The van der Waals surface area contributed by atoms with Crippen LogP contribution in [0.4, 0.5) is 11.4 Å². The van der Waals surface area contributed by atoms with Gasteiger partial charge in [-0.2, -0.15) is 0 Å². The normalized spacial score (nSPS) is 15.0. The molecule has 65 heavy (non-hydrogen) atoms. The Balaban J connectivity index is 0.773. The average molecular weight is 908 g/mol. The molecule has 3 aromatic heterocycles. The third-order valence-corrected chi connectivity index (χ3v) is 12.0. The fourth-order valence-corrected chi connectivity index (χ4v) is 8.01. The first-order valence-electron chi connectivity index (χ1n) is 20.7. The number of sulfonamides is 1. The Labute approximate surface area is 371 Å². The van der Waals surface area contributed by atoms with Crippen molar-refractivity contribution in [3.63, 3.8) is 0 Å². The molecular weight excluding hydrogens is 863 g/mol. The maximum absolute atomic E-state index is 13.1. The van der Waals surface area contributed by atoms with Gasteiger partial charge in [-0.05, 0) is 67.9 Å². The highest BCUT2D eigenvalue weighted by atomic mass is 32.2. The second-order valence-electron chi connectivity index (χ2n) is 15.1. The summed E-state index contributed by atoms with van der Waals surface area (Å²) >= 11 is 0. The molecule has 8 rings (SSSR count). The van der Waals surface area contributed by atoms with Crippen molar-refractivity contribution in [2.24, 2.45) is 7.05 Å². The molecule has 5 heterocycles. The van der Waals surface area contributed by atoms with Crippen LogP contribution in [-0.2, 0) is 49.3 Å². The van der Waals surface area contributed by atoms with E-state index < -0.39 is 39.7 Å². The van der Waals surface area contributed by atoms with Gasteiger partial charge in [0.05, 0.1) is 56.0 Å². The predicted molar refractivity (Wildman–Crippen MR) is 236 cm³/mol. The number of fused-ring (bicyclic) bond motifs is 2. The maximum atomic E-state index is 13.1. The van der Waals surface area contributed by atoms with Crippen molar-refractivity contribution < 1.29 is 46.5 Å². The summed E-state index contributed by atoms with van der Waals surface area (Å²) in [6, 6.07) is 17.6. The van der Waals surface area contributed by atoms with E-state index in [0.717, 1.165) is 4.90 Å². The van der Waals surface area contributed by atoms with Gasteiger partial charge in [0.2, 0.25) is 21.8 Å². The van der Waals surface area contributed by atoms with Gasteiger partial charge in [0, 0.05) is 66.4 Å². The number of pyridine rings is 1. The van der Waals surface area contributed by atoms with Crippen molar-refractivity contribution in [3.05, 3.63) is 112 Å². The number of nitrogens with one attached hydrogen (secondary N) is 4. The van der Waals surface area contributed by atoms with Gasteiger partial charge in [-0.1, -0.05) is 11.3 Å². The molecule has 2 aliphatic heterocycles. The number of amides is 4. The Kier molecular flexibility index (Phi) is 13.1. The molecular formula is C44H45N9O11S. The average Bonchev–Trinajstić information content (AvgIpc) is 4.03. The molecule has 4 amide bonds. The molecule has 0 spiro atoms. The second kappa shape index (κ2) is 19.2. The number of imide groups is 2. The molecule has 0 bridgehead atoms. The first-order chi connectivity index (χ1) is 31.4. The number of rotatable bonds is 20. The van der Waals surface area contributed by atoms with Gasteiger partial charge in [0.15, 0.2) is 0 Å². The van der Waals surface area contributed by atoms with Crippen LogP contribution in [0.3, 0.4) is 0 Å². The van der Waals surface area contributed by atoms with E-state index in [4.69, 9.17) is 18.9 Å². The molecule has 0 aliphatic carbocycles. The number of carbonyl (C=O) groups excluding carboxylic acids is 4. The zero-order chi connectivity index (χ0) is 45.7. The summed E-state index contributed by atoms with van der Waals surface area (Å²) in [5.74, 6) is -0.919. The smallest absolute Gasteiger partial charge is 0.274 e. The van der Waals surface area contributed by atoms with E-state index in [0.29, 0.717) is 95.9 Å². The highest BCUT2D eigenvalue weighted by Gasteiger charge is 2.44. The van der Waals surface area contributed by atoms with E-state index >= 15 is 0 Å². The lowest BCUT2D eigenvalue weighted by Crippen LogP contribution is -2.54. The van der Waals surface area contributed by atoms with Crippen LogP contribution in [0.15, 0.2) is 90.1 Å². The molecule has 1 fully saturated rings. The number of aryl methyl sites for hydroxylation is 1. The maximum Gasteiger partial charge on any atom is 0.274 e. The molecule has 1 unspecified atom stereocenters. The summed E-state index contributed by atoms with van der Waals surface area (Å²) in [5, 5.41) is 14.4. The second-order valence-corrected chi connectivity index (χ2v) is 17.2. The van der Waals surface area contributed by atoms with Crippen molar-refractivity contribution in [1.82, 2.24) is 34.8 Å². The Morgan fingerprint density at radius 3 is 2.42 bits per heavy atom. The number of hydrogen-bond acceptors (Lipinski definition) is 14. The summed E-state index contributed by atoms with van der Waals surface area (Å²) < 4.78 is 54.3. The van der Waals surface area contributed by atoms with Crippen molar-refractivity contribution in [2.75, 3.05) is 48.8 Å². The predicted octanol–water partition coefficient (Wildman–Crippen LogP) is 3.80. The van der Waals surface area contributed by atoms with Crippen LogP contribution in [0.25, 0.3) is 22.0 Å². The van der Waals surface area contributed by atoms with Crippen LogP contribution in [0.1, 0.15) is 46.2 Å². The molecule has 3 aromatic carbocycles. The van der Waals surface area contributed by atoms with Crippen LogP contribution in [0.5, 0.6) is 17.2 Å². The number of ether oxygens (including phenoxy) is 4. The molecule has 1 saturated heterocycles. The lowest BCUT2D eigenvalue weighted by atomic mass is 10.0. The number of carbonyl (C=O) groups is 4. The lowest BCUT2D eigenvalue weighted by molar-refractivity contribution is -0.136. The Bertz CT molecular complexity index is 2960. The van der Waals surface area contributed by atoms with Gasteiger partial charge in [-0.15, -0.1) is 5.10 Å². The molecule has 0 saturated carbocycles. The molecule has 1 atom stereocenters.